The quantitative estimate of drug-likeness (QED) is 0.243. The summed E-state index contributed by atoms with van der Waals surface area (Å²) in [5.74, 6) is -1.08. The molecule has 0 bridgehead atoms. The van der Waals surface area contributed by atoms with Crippen LogP contribution >= 0.6 is 0 Å². The molecular weight excluding hydrogens is 478 g/mol. The highest BCUT2D eigenvalue weighted by Crippen LogP contribution is 2.43. The predicted octanol–water partition coefficient (Wildman–Crippen LogP) is 3.88. The van der Waals surface area contributed by atoms with Crippen LogP contribution in [0.2, 0.25) is 0 Å². The maximum atomic E-state index is 13.4. The minimum Gasteiger partial charge on any atom is -0.507 e. The highest BCUT2D eigenvalue weighted by molar-refractivity contribution is 6.51. The van der Waals surface area contributed by atoms with E-state index < -0.39 is 23.7 Å². The Morgan fingerprint density at radius 3 is 2.32 bits per heavy atom. The van der Waals surface area contributed by atoms with Crippen LogP contribution in [0.4, 0.5) is 5.69 Å². The number of hydrogen-bond acceptors (Lipinski definition) is 8. The third-order valence-corrected chi connectivity index (χ3v) is 6.24. The van der Waals surface area contributed by atoms with Gasteiger partial charge in [0.25, 0.3) is 11.7 Å². The van der Waals surface area contributed by atoms with E-state index in [0.717, 1.165) is 0 Å². The maximum absolute atomic E-state index is 13.4. The SMILES string of the molecule is COC(=O)c1ccc(N2C(=O)C(=O)/C(=C(\O)c3ccc4c(c3)OCCO4)C2c2cccc(OC)c2)cc1. The van der Waals surface area contributed by atoms with Crippen LogP contribution in [-0.4, -0.2) is 50.2 Å². The molecule has 2 aliphatic heterocycles. The van der Waals surface area contributed by atoms with Gasteiger partial charge in [-0.15, -0.1) is 0 Å². The molecule has 1 unspecified atom stereocenters. The molecule has 188 valence electrons. The van der Waals surface area contributed by atoms with Gasteiger partial charge in [0.05, 0.1) is 31.4 Å². The van der Waals surface area contributed by atoms with Gasteiger partial charge in [-0.2, -0.15) is 0 Å². The number of hydrogen-bond donors (Lipinski definition) is 1. The molecule has 9 nitrogen and oxygen atoms in total. The lowest BCUT2D eigenvalue weighted by Crippen LogP contribution is -2.29. The molecule has 0 spiro atoms. The standard InChI is InChI=1S/C28H23NO8/c1-34-20-5-3-4-17(14-20)24-23(25(30)18-8-11-21-22(15-18)37-13-12-36-21)26(31)27(32)29(24)19-9-6-16(7-10-19)28(33)35-2/h3-11,14-15,24,30H,12-13H2,1-2H3/b25-23-. The lowest BCUT2D eigenvalue weighted by molar-refractivity contribution is -0.132. The second kappa shape index (κ2) is 9.69. The minimum atomic E-state index is -0.965. The fourth-order valence-electron chi connectivity index (χ4n) is 4.45. The summed E-state index contributed by atoms with van der Waals surface area (Å²) >= 11 is 0. The molecule has 0 aliphatic carbocycles. The molecule has 2 aliphatic rings. The first-order valence-corrected chi connectivity index (χ1v) is 11.5. The first-order chi connectivity index (χ1) is 17.9. The molecule has 1 atom stereocenters. The number of nitrogens with zero attached hydrogens (tertiary/aromatic N) is 1. The third kappa shape index (κ3) is 4.24. The molecule has 0 radical (unpaired) electrons. The van der Waals surface area contributed by atoms with Gasteiger partial charge in [-0.1, -0.05) is 12.1 Å². The second-order valence-corrected chi connectivity index (χ2v) is 8.34. The number of ketones is 1. The van der Waals surface area contributed by atoms with Gasteiger partial charge in [-0.3, -0.25) is 14.5 Å². The van der Waals surface area contributed by atoms with E-state index >= 15 is 0 Å². The Balaban J connectivity index is 1.66. The number of carbonyl (C=O) groups excluding carboxylic acids is 3. The normalized spacial score (nSPS) is 18.0. The van der Waals surface area contributed by atoms with E-state index in [4.69, 9.17) is 18.9 Å². The lowest BCUT2D eigenvalue weighted by atomic mass is 9.94. The van der Waals surface area contributed by atoms with Gasteiger partial charge in [0, 0.05) is 11.3 Å². The number of benzene rings is 3. The van der Waals surface area contributed by atoms with E-state index in [2.05, 4.69) is 0 Å². The molecule has 5 rings (SSSR count). The van der Waals surface area contributed by atoms with Crippen LogP contribution in [0, 0.1) is 0 Å². The number of fused-ring (bicyclic) bond motifs is 1. The highest BCUT2D eigenvalue weighted by atomic mass is 16.6. The maximum Gasteiger partial charge on any atom is 0.337 e. The van der Waals surface area contributed by atoms with Crippen LogP contribution in [0.15, 0.2) is 72.3 Å². The van der Waals surface area contributed by atoms with Crippen molar-refractivity contribution in [2.45, 2.75) is 6.04 Å². The van der Waals surface area contributed by atoms with E-state index in [-0.39, 0.29) is 16.9 Å². The van der Waals surface area contributed by atoms with Crippen molar-refractivity contribution in [1.29, 1.82) is 0 Å². The van der Waals surface area contributed by atoms with Gasteiger partial charge >= 0.3 is 5.97 Å². The summed E-state index contributed by atoms with van der Waals surface area (Å²) in [6.45, 7) is 0.765. The van der Waals surface area contributed by atoms with E-state index in [1.807, 2.05) is 0 Å². The van der Waals surface area contributed by atoms with Gasteiger partial charge in [0.1, 0.15) is 24.7 Å². The van der Waals surface area contributed by atoms with Crippen LogP contribution in [0.25, 0.3) is 5.76 Å². The van der Waals surface area contributed by atoms with Crippen molar-refractivity contribution in [2.24, 2.45) is 0 Å². The number of esters is 1. The second-order valence-electron chi connectivity index (χ2n) is 8.34. The van der Waals surface area contributed by atoms with Crippen molar-refractivity contribution in [3.8, 4) is 17.2 Å². The van der Waals surface area contributed by atoms with Gasteiger partial charge in [-0.05, 0) is 60.2 Å². The Labute approximate surface area is 212 Å². The molecule has 0 saturated carbocycles. The largest absolute Gasteiger partial charge is 0.507 e. The molecular formula is C28H23NO8. The number of methoxy groups -OCH3 is 2. The van der Waals surface area contributed by atoms with Crippen molar-refractivity contribution in [2.75, 3.05) is 32.3 Å². The van der Waals surface area contributed by atoms with Gasteiger partial charge in [0.15, 0.2) is 11.5 Å². The fourth-order valence-corrected chi connectivity index (χ4v) is 4.45. The Kier molecular flexibility index (Phi) is 6.27. The number of rotatable bonds is 5. The van der Waals surface area contributed by atoms with E-state index in [1.165, 1.54) is 31.3 Å². The van der Waals surface area contributed by atoms with Crippen molar-refractivity contribution in [1.82, 2.24) is 0 Å². The number of ether oxygens (including phenoxy) is 4. The Morgan fingerprint density at radius 2 is 1.62 bits per heavy atom. The van der Waals surface area contributed by atoms with Crippen molar-refractivity contribution in [3.63, 3.8) is 0 Å². The topological polar surface area (TPSA) is 112 Å². The number of aliphatic hydroxyl groups is 1. The number of Topliss-reactive ketones (excluding diaryl/α,β-unsaturated/α-hetero) is 1. The summed E-state index contributed by atoms with van der Waals surface area (Å²) in [5, 5.41) is 11.4. The van der Waals surface area contributed by atoms with Crippen molar-refractivity contribution in [3.05, 3.63) is 89.0 Å². The van der Waals surface area contributed by atoms with Crippen LogP contribution in [0.3, 0.4) is 0 Å². The van der Waals surface area contributed by atoms with E-state index in [0.29, 0.717) is 47.3 Å². The molecule has 1 saturated heterocycles. The fraction of sp³-hybridized carbons (Fsp3) is 0.179. The summed E-state index contributed by atoms with van der Waals surface area (Å²) in [7, 11) is 2.78. The highest BCUT2D eigenvalue weighted by Gasteiger charge is 2.47. The average molecular weight is 501 g/mol. The molecule has 9 heteroatoms. The predicted molar refractivity (Wildman–Crippen MR) is 133 cm³/mol. The number of carbonyl (C=O) groups is 3. The van der Waals surface area contributed by atoms with E-state index in [1.54, 1.807) is 54.6 Å². The zero-order valence-corrected chi connectivity index (χ0v) is 20.1. The average Bonchev–Trinajstić information content (AvgIpc) is 3.22. The minimum absolute atomic E-state index is 0.0908. The Morgan fingerprint density at radius 1 is 0.919 bits per heavy atom. The van der Waals surface area contributed by atoms with Crippen LogP contribution < -0.4 is 19.1 Å². The first kappa shape index (κ1) is 23.9. The Hall–Kier alpha value is -4.79. The zero-order chi connectivity index (χ0) is 26.1. The Bertz CT molecular complexity index is 1430. The smallest absolute Gasteiger partial charge is 0.337 e. The molecule has 1 amide bonds. The summed E-state index contributed by atoms with van der Waals surface area (Å²) in [6.07, 6.45) is 0. The molecule has 3 aromatic rings. The summed E-state index contributed by atoms with van der Waals surface area (Å²) < 4.78 is 21.3. The van der Waals surface area contributed by atoms with Gasteiger partial charge in [-0.25, -0.2) is 4.79 Å². The zero-order valence-electron chi connectivity index (χ0n) is 20.1. The third-order valence-electron chi connectivity index (χ3n) is 6.24. The van der Waals surface area contributed by atoms with Crippen molar-refractivity contribution >= 4 is 29.1 Å². The summed E-state index contributed by atoms with van der Waals surface area (Å²) in [6, 6.07) is 16.9. The summed E-state index contributed by atoms with van der Waals surface area (Å²) in [5.41, 5.74) is 1.42. The molecule has 1 N–H and O–H groups in total. The van der Waals surface area contributed by atoms with Gasteiger partial charge < -0.3 is 24.1 Å². The first-order valence-electron chi connectivity index (χ1n) is 11.5. The number of anilines is 1. The van der Waals surface area contributed by atoms with Crippen LogP contribution in [0.5, 0.6) is 17.2 Å². The number of amides is 1. The summed E-state index contributed by atoms with van der Waals surface area (Å²) in [4.78, 5) is 39.9. The van der Waals surface area contributed by atoms with Gasteiger partial charge in [0.2, 0.25) is 0 Å². The molecule has 37 heavy (non-hydrogen) atoms. The molecule has 1 fully saturated rings. The van der Waals surface area contributed by atoms with Crippen molar-refractivity contribution < 1.29 is 38.4 Å². The van der Waals surface area contributed by atoms with Crippen LogP contribution in [0.1, 0.15) is 27.5 Å². The van der Waals surface area contributed by atoms with E-state index in [9.17, 15) is 19.5 Å². The molecule has 0 aromatic heterocycles. The molecule has 2 heterocycles. The van der Waals surface area contributed by atoms with Crippen LogP contribution in [-0.2, 0) is 14.3 Å². The lowest BCUT2D eigenvalue weighted by Gasteiger charge is -2.26. The monoisotopic (exact) mass is 501 g/mol. The molecule has 3 aromatic carbocycles. The number of aliphatic hydroxyl groups excluding tert-OH is 1.